The number of nitrogen functional groups attached to an aromatic ring is 1. The number of hydrogen-bond acceptors (Lipinski definition) is 7. The summed E-state index contributed by atoms with van der Waals surface area (Å²) in [6.07, 6.45) is 0. The summed E-state index contributed by atoms with van der Waals surface area (Å²) in [5.74, 6) is 0.565. The Kier molecular flexibility index (Phi) is 5.44. The fourth-order valence-electron chi connectivity index (χ4n) is 4.69. The smallest absolute Gasteiger partial charge is 0.277 e. The fourth-order valence-corrected chi connectivity index (χ4v) is 5.45. The number of nitrogens with zero attached hydrogens (tertiary/aromatic N) is 4. The minimum Gasteiger partial charge on any atom is -0.490 e. The molecule has 5 N–H and O–H groups in total. The molecule has 2 aromatic heterocycles. The van der Waals surface area contributed by atoms with E-state index < -0.39 is 10.0 Å². The summed E-state index contributed by atoms with van der Waals surface area (Å²) in [6.45, 7) is 2.42. The molecule has 5 aromatic rings. The molecule has 0 atom stereocenters. The molecular formula is C26H23N7O4S. The van der Waals surface area contributed by atoms with E-state index in [4.69, 9.17) is 15.6 Å². The van der Waals surface area contributed by atoms with E-state index in [1.807, 2.05) is 25.1 Å². The topological polar surface area (TPSA) is 162 Å². The van der Waals surface area contributed by atoms with Crippen LogP contribution in [0.3, 0.4) is 0 Å². The molecule has 0 saturated heterocycles. The highest BCUT2D eigenvalue weighted by Crippen LogP contribution is 2.38. The van der Waals surface area contributed by atoms with Crippen LogP contribution in [-0.2, 0) is 10.0 Å². The first-order chi connectivity index (χ1) is 18.2. The Morgan fingerprint density at radius 1 is 1.08 bits per heavy atom. The lowest BCUT2D eigenvalue weighted by Gasteiger charge is -2.30. The number of benzene rings is 3. The largest absolute Gasteiger partial charge is 0.490 e. The molecule has 38 heavy (non-hydrogen) atoms. The minimum absolute atomic E-state index is 0.0123. The number of anilines is 2. The van der Waals surface area contributed by atoms with Crippen molar-refractivity contribution < 1.29 is 17.9 Å². The highest BCUT2D eigenvalue weighted by Gasteiger charge is 2.29. The second-order valence-corrected chi connectivity index (χ2v) is 10.5. The molecular weight excluding hydrogens is 506 g/mol. The summed E-state index contributed by atoms with van der Waals surface area (Å²) in [7, 11) is -3.93. The number of carbonyl (C=O) groups excluding carboxylic acids is 1. The van der Waals surface area contributed by atoms with E-state index in [1.54, 1.807) is 52.0 Å². The predicted octanol–water partition coefficient (Wildman–Crippen LogP) is 2.99. The van der Waals surface area contributed by atoms with E-state index >= 15 is 0 Å². The first kappa shape index (κ1) is 23.7. The predicted molar refractivity (Wildman–Crippen MR) is 143 cm³/mol. The summed E-state index contributed by atoms with van der Waals surface area (Å²) in [5.41, 5.74) is 10.1. The zero-order valence-corrected chi connectivity index (χ0v) is 21.1. The number of nitrogens with one attached hydrogen (secondary N) is 1. The van der Waals surface area contributed by atoms with Gasteiger partial charge >= 0.3 is 0 Å². The van der Waals surface area contributed by atoms with Crippen molar-refractivity contribution in [2.24, 2.45) is 5.14 Å². The van der Waals surface area contributed by atoms with Crippen LogP contribution in [0.5, 0.6) is 5.75 Å². The van der Waals surface area contributed by atoms with Crippen molar-refractivity contribution in [3.63, 3.8) is 0 Å². The van der Waals surface area contributed by atoms with Gasteiger partial charge in [-0.15, -0.1) is 0 Å². The van der Waals surface area contributed by atoms with Crippen molar-refractivity contribution in [1.29, 1.82) is 0 Å². The van der Waals surface area contributed by atoms with Gasteiger partial charge in [0.25, 0.3) is 5.91 Å². The molecule has 0 unspecified atom stereocenters. The molecule has 0 radical (unpaired) electrons. The molecule has 0 spiro atoms. The summed E-state index contributed by atoms with van der Waals surface area (Å²) >= 11 is 0. The first-order valence-corrected chi connectivity index (χ1v) is 13.3. The Hall–Kier alpha value is -4.68. The molecule has 0 aliphatic carbocycles. The number of nitrogens with two attached hydrogens (primary N) is 2. The van der Waals surface area contributed by atoms with Crippen molar-refractivity contribution in [3.05, 3.63) is 78.1 Å². The first-order valence-electron chi connectivity index (χ1n) is 11.7. The zero-order chi connectivity index (χ0) is 26.6. The lowest BCUT2D eigenvalue weighted by Crippen LogP contribution is -2.38. The van der Waals surface area contributed by atoms with Crippen LogP contribution in [0.2, 0.25) is 0 Å². The summed E-state index contributed by atoms with van der Waals surface area (Å²) < 4.78 is 31.7. The van der Waals surface area contributed by atoms with Gasteiger partial charge in [0, 0.05) is 10.9 Å². The van der Waals surface area contributed by atoms with Gasteiger partial charge in [-0.3, -0.25) is 9.89 Å². The third kappa shape index (κ3) is 3.96. The fraction of sp³-hybridized carbons (Fsp3) is 0.115. The van der Waals surface area contributed by atoms with E-state index in [2.05, 4.69) is 15.3 Å². The van der Waals surface area contributed by atoms with E-state index in [1.165, 1.54) is 6.07 Å². The number of primary sulfonamides is 1. The molecule has 11 nitrogen and oxygen atoms in total. The molecule has 6 rings (SSSR count). The van der Waals surface area contributed by atoms with Gasteiger partial charge < -0.3 is 15.4 Å². The number of fused-ring (bicyclic) bond motifs is 2. The van der Waals surface area contributed by atoms with Gasteiger partial charge in [0.15, 0.2) is 5.82 Å². The van der Waals surface area contributed by atoms with Crippen molar-refractivity contribution in [3.8, 4) is 22.6 Å². The lowest BCUT2D eigenvalue weighted by atomic mass is 10.0. The second-order valence-electron chi connectivity index (χ2n) is 8.95. The normalized spacial score (nSPS) is 13.4. The van der Waals surface area contributed by atoms with Gasteiger partial charge in [0.2, 0.25) is 10.0 Å². The Labute approximate surface area is 217 Å². The number of aromatic nitrogens is 4. The summed E-state index contributed by atoms with van der Waals surface area (Å²) in [5, 5.41) is 17.6. The van der Waals surface area contributed by atoms with Gasteiger partial charge in [0.1, 0.15) is 18.1 Å². The van der Waals surface area contributed by atoms with E-state index in [9.17, 15) is 13.2 Å². The average Bonchev–Trinajstić information content (AvgIpc) is 3.49. The summed E-state index contributed by atoms with van der Waals surface area (Å²) in [6, 6.07) is 18.9. The van der Waals surface area contributed by atoms with Crippen LogP contribution in [0.1, 0.15) is 16.2 Å². The zero-order valence-electron chi connectivity index (χ0n) is 20.2. The molecule has 3 aromatic carbocycles. The van der Waals surface area contributed by atoms with Crippen molar-refractivity contribution in [2.75, 3.05) is 23.8 Å². The molecule has 0 bridgehead atoms. The van der Waals surface area contributed by atoms with Gasteiger partial charge in [-0.05, 0) is 55.0 Å². The quantitative estimate of drug-likeness (QED) is 0.322. The number of rotatable bonds is 4. The van der Waals surface area contributed by atoms with Gasteiger partial charge in [0.05, 0.1) is 34.0 Å². The molecule has 1 amide bonds. The third-order valence-corrected chi connectivity index (χ3v) is 7.41. The Morgan fingerprint density at radius 2 is 1.89 bits per heavy atom. The van der Waals surface area contributed by atoms with Crippen molar-refractivity contribution in [1.82, 2.24) is 20.0 Å². The van der Waals surface area contributed by atoms with Gasteiger partial charge in [-0.1, -0.05) is 24.3 Å². The number of hydrogen-bond donors (Lipinski definition) is 3. The molecule has 1 aliphatic rings. The number of carbonyl (C=O) groups is 1. The monoisotopic (exact) mass is 529 g/mol. The van der Waals surface area contributed by atoms with Crippen LogP contribution in [-0.4, -0.2) is 47.5 Å². The van der Waals surface area contributed by atoms with E-state index in [0.29, 0.717) is 52.0 Å². The van der Waals surface area contributed by atoms with Crippen molar-refractivity contribution in [2.45, 2.75) is 11.8 Å². The maximum atomic E-state index is 13.9. The number of sulfonamides is 1. The third-order valence-electron chi connectivity index (χ3n) is 6.44. The van der Waals surface area contributed by atoms with Crippen LogP contribution < -0.4 is 20.5 Å². The molecule has 1 aliphatic heterocycles. The number of aromatic amines is 1. The molecule has 12 heteroatoms. The number of H-pyrrole nitrogens is 1. The SMILES string of the molecule is Cc1cc(C(=O)N2CCOc3cc(-c4ccccc4S(N)(=O)=O)ccc32)n(-c2ccc3[nH]nc(N)c3c2)n1. The number of amides is 1. The Balaban J connectivity index is 1.39. The van der Waals surface area contributed by atoms with E-state index in [-0.39, 0.29) is 17.4 Å². The van der Waals surface area contributed by atoms with Gasteiger partial charge in [-0.25, -0.2) is 18.2 Å². The van der Waals surface area contributed by atoms with Crippen molar-refractivity contribution >= 4 is 38.3 Å². The maximum Gasteiger partial charge on any atom is 0.277 e. The highest BCUT2D eigenvalue weighted by molar-refractivity contribution is 7.89. The minimum atomic E-state index is -3.93. The number of aryl methyl sites for hydroxylation is 1. The summed E-state index contributed by atoms with van der Waals surface area (Å²) in [4.78, 5) is 15.5. The molecule has 0 saturated carbocycles. The standard InChI is InChI=1S/C26H23N7O4S/c1-15-12-22(33(31-15)17-7-8-20-19(14-17)25(27)30-29-20)26(34)32-10-11-37-23-13-16(6-9-21(23)32)18-4-2-3-5-24(18)38(28,35)36/h2-9,12-14H,10-11H2,1H3,(H3,27,29,30)(H2,28,35,36). The van der Waals surface area contributed by atoms with Crippen LogP contribution in [0.25, 0.3) is 27.7 Å². The van der Waals surface area contributed by atoms with Crippen LogP contribution in [0.15, 0.2) is 71.6 Å². The molecule has 0 fully saturated rings. The van der Waals surface area contributed by atoms with Gasteiger partial charge in [-0.2, -0.15) is 10.2 Å². The second kappa shape index (κ2) is 8.71. The Morgan fingerprint density at radius 3 is 2.71 bits per heavy atom. The molecule has 192 valence electrons. The average molecular weight is 530 g/mol. The van der Waals surface area contributed by atoms with Crippen LogP contribution in [0, 0.1) is 6.92 Å². The number of ether oxygens (including phenoxy) is 1. The van der Waals surface area contributed by atoms with Crippen LogP contribution in [0.4, 0.5) is 11.5 Å². The maximum absolute atomic E-state index is 13.9. The van der Waals surface area contributed by atoms with Crippen LogP contribution >= 0.6 is 0 Å². The molecule has 3 heterocycles. The lowest BCUT2D eigenvalue weighted by molar-refractivity contribution is 0.0969. The highest BCUT2D eigenvalue weighted by atomic mass is 32.2. The Bertz CT molecular complexity index is 1840. The van der Waals surface area contributed by atoms with E-state index in [0.717, 1.165) is 10.9 Å².